The fraction of sp³-hybridized carbons (Fsp3) is 0.467. The summed E-state index contributed by atoms with van der Waals surface area (Å²) in [4.78, 5) is -0.0424. The molecule has 1 rings (SSSR count). The van der Waals surface area contributed by atoms with Crippen molar-refractivity contribution in [1.29, 1.82) is 0 Å². The molecule has 0 amide bonds. The van der Waals surface area contributed by atoms with Crippen molar-refractivity contribution >= 4 is 10.0 Å². The van der Waals surface area contributed by atoms with Gasteiger partial charge in [0.15, 0.2) is 0 Å². The molecule has 0 saturated carbocycles. The van der Waals surface area contributed by atoms with Crippen molar-refractivity contribution in [2.45, 2.75) is 37.6 Å². The van der Waals surface area contributed by atoms with Crippen LogP contribution in [0.3, 0.4) is 0 Å². The van der Waals surface area contributed by atoms with E-state index in [9.17, 15) is 12.8 Å². The zero-order chi connectivity index (χ0) is 16.0. The molecule has 0 bridgehead atoms. The van der Waals surface area contributed by atoms with Crippen LogP contribution in [0.1, 0.15) is 32.3 Å². The number of aliphatic hydroxyl groups excluding tert-OH is 1. The molecule has 0 atom stereocenters. The molecule has 6 heteroatoms. The van der Waals surface area contributed by atoms with E-state index >= 15 is 0 Å². The second kappa shape index (κ2) is 7.55. The van der Waals surface area contributed by atoms with Crippen LogP contribution in [-0.4, -0.2) is 37.5 Å². The molecule has 0 radical (unpaired) electrons. The highest BCUT2D eigenvalue weighted by atomic mass is 32.2. The highest BCUT2D eigenvalue weighted by molar-refractivity contribution is 7.89. The Morgan fingerprint density at radius 3 is 2.48 bits per heavy atom. The lowest BCUT2D eigenvalue weighted by Gasteiger charge is -2.26. The Morgan fingerprint density at radius 2 is 1.95 bits per heavy atom. The highest BCUT2D eigenvalue weighted by Crippen LogP contribution is 2.23. The van der Waals surface area contributed by atoms with Crippen molar-refractivity contribution in [3.05, 3.63) is 29.6 Å². The van der Waals surface area contributed by atoms with Gasteiger partial charge in [0.1, 0.15) is 12.4 Å². The largest absolute Gasteiger partial charge is 0.384 e. The Morgan fingerprint density at radius 1 is 1.33 bits per heavy atom. The lowest BCUT2D eigenvalue weighted by Crippen LogP contribution is -2.36. The topological polar surface area (TPSA) is 57.6 Å². The van der Waals surface area contributed by atoms with Gasteiger partial charge >= 0.3 is 0 Å². The van der Waals surface area contributed by atoms with Crippen molar-refractivity contribution in [2.24, 2.45) is 0 Å². The summed E-state index contributed by atoms with van der Waals surface area (Å²) < 4.78 is 39.9. The predicted molar refractivity (Wildman–Crippen MR) is 79.7 cm³/mol. The summed E-state index contributed by atoms with van der Waals surface area (Å²) in [5, 5.41) is 8.74. The molecule has 0 aliphatic heterocycles. The van der Waals surface area contributed by atoms with E-state index in [1.807, 2.05) is 13.8 Å². The van der Waals surface area contributed by atoms with Crippen molar-refractivity contribution in [2.75, 3.05) is 13.7 Å². The molecule has 0 spiro atoms. The molecular weight excluding hydrogens is 293 g/mol. The maximum atomic E-state index is 13.3. The minimum atomic E-state index is -3.76. The summed E-state index contributed by atoms with van der Waals surface area (Å²) in [7, 11) is -2.24. The molecule has 1 aromatic carbocycles. The SMILES string of the molecule is CCC(CC)N(C)S(=O)(=O)c1ccc(F)cc1C#CCO. The van der Waals surface area contributed by atoms with Crippen molar-refractivity contribution in [1.82, 2.24) is 4.31 Å². The van der Waals surface area contributed by atoms with E-state index in [0.717, 1.165) is 12.1 Å². The third-order valence-corrected chi connectivity index (χ3v) is 5.33. The van der Waals surface area contributed by atoms with Crippen molar-refractivity contribution < 1.29 is 17.9 Å². The van der Waals surface area contributed by atoms with E-state index in [2.05, 4.69) is 11.8 Å². The molecule has 0 aliphatic carbocycles. The minimum absolute atomic E-state index is 0.0424. The summed E-state index contributed by atoms with van der Waals surface area (Å²) >= 11 is 0. The van der Waals surface area contributed by atoms with Gasteiger partial charge in [-0.2, -0.15) is 4.31 Å². The van der Waals surface area contributed by atoms with Crippen molar-refractivity contribution in [3.63, 3.8) is 0 Å². The molecule has 0 heterocycles. The van der Waals surface area contributed by atoms with E-state index < -0.39 is 22.4 Å². The van der Waals surface area contributed by atoms with Gasteiger partial charge in [0.2, 0.25) is 10.0 Å². The molecule has 1 N–H and O–H groups in total. The third-order valence-electron chi connectivity index (χ3n) is 3.36. The van der Waals surface area contributed by atoms with Gasteiger partial charge in [-0.25, -0.2) is 12.8 Å². The van der Waals surface area contributed by atoms with Crippen LogP contribution in [0, 0.1) is 17.7 Å². The van der Waals surface area contributed by atoms with Gasteiger partial charge in [-0.05, 0) is 31.0 Å². The monoisotopic (exact) mass is 313 g/mol. The standard InChI is InChI=1S/C15H20FNO3S/c1-4-14(5-2)17(3)21(19,20)15-9-8-13(16)11-12(15)7-6-10-18/h8-9,11,14,18H,4-5,10H2,1-3H3. The molecular formula is C15H20FNO3S. The Labute approximate surface area is 125 Å². The first kappa shape index (κ1) is 17.6. The number of halogens is 1. The van der Waals surface area contributed by atoms with Crippen LogP contribution in [0.4, 0.5) is 4.39 Å². The van der Waals surface area contributed by atoms with Crippen LogP contribution < -0.4 is 0 Å². The molecule has 1 aromatic rings. The number of rotatable bonds is 5. The van der Waals surface area contributed by atoms with Crippen LogP contribution in [0.2, 0.25) is 0 Å². The average molecular weight is 313 g/mol. The van der Waals surface area contributed by atoms with E-state index in [0.29, 0.717) is 12.8 Å². The first-order valence-corrected chi connectivity index (χ1v) is 8.19. The lowest BCUT2D eigenvalue weighted by atomic mass is 10.2. The first-order valence-electron chi connectivity index (χ1n) is 6.75. The number of hydrogen-bond acceptors (Lipinski definition) is 3. The van der Waals surface area contributed by atoms with Crippen LogP contribution in [0.5, 0.6) is 0 Å². The average Bonchev–Trinajstić information content (AvgIpc) is 2.46. The van der Waals surface area contributed by atoms with Crippen LogP contribution in [-0.2, 0) is 10.0 Å². The van der Waals surface area contributed by atoms with E-state index in [4.69, 9.17) is 5.11 Å². The van der Waals surface area contributed by atoms with Crippen molar-refractivity contribution in [3.8, 4) is 11.8 Å². The first-order chi connectivity index (χ1) is 9.88. The van der Waals surface area contributed by atoms with Gasteiger partial charge < -0.3 is 5.11 Å². The molecule has 0 unspecified atom stereocenters. The number of hydrogen-bond donors (Lipinski definition) is 1. The maximum Gasteiger partial charge on any atom is 0.244 e. The molecule has 0 aromatic heterocycles. The zero-order valence-electron chi connectivity index (χ0n) is 12.4. The summed E-state index contributed by atoms with van der Waals surface area (Å²) in [6.07, 6.45) is 1.37. The molecule has 21 heavy (non-hydrogen) atoms. The molecule has 0 saturated heterocycles. The second-order valence-electron chi connectivity index (χ2n) is 4.59. The van der Waals surface area contributed by atoms with E-state index in [1.54, 1.807) is 0 Å². The number of aliphatic hydroxyl groups is 1. The Hall–Kier alpha value is -1.42. The maximum absolute atomic E-state index is 13.3. The fourth-order valence-corrected chi connectivity index (χ4v) is 3.74. The summed E-state index contributed by atoms with van der Waals surface area (Å²) in [5.41, 5.74) is 0.0573. The van der Waals surface area contributed by atoms with Gasteiger partial charge in [-0.3, -0.25) is 0 Å². The Bertz CT molecular complexity index is 643. The highest BCUT2D eigenvalue weighted by Gasteiger charge is 2.28. The summed E-state index contributed by atoms with van der Waals surface area (Å²) in [5.74, 6) is 4.28. The van der Waals surface area contributed by atoms with Crippen LogP contribution in [0.15, 0.2) is 23.1 Å². The molecule has 0 aliphatic rings. The predicted octanol–water partition coefficient (Wildman–Crippen LogP) is 1.98. The normalized spacial score (nSPS) is 11.6. The zero-order valence-corrected chi connectivity index (χ0v) is 13.2. The molecule has 0 fully saturated rings. The summed E-state index contributed by atoms with van der Waals surface area (Å²) in [6.45, 7) is 3.41. The fourth-order valence-electron chi connectivity index (χ4n) is 2.11. The van der Waals surface area contributed by atoms with Crippen LogP contribution >= 0.6 is 0 Å². The van der Waals surface area contributed by atoms with Gasteiger partial charge in [0, 0.05) is 18.7 Å². The third kappa shape index (κ3) is 4.03. The van der Waals surface area contributed by atoms with E-state index in [1.165, 1.54) is 17.4 Å². The van der Waals surface area contributed by atoms with Gasteiger partial charge in [-0.1, -0.05) is 25.7 Å². The quantitative estimate of drug-likeness (QED) is 0.846. The Balaban J connectivity index is 3.37. The summed E-state index contributed by atoms with van der Waals surface area (Å²) in [6, 6.07) is 3.25. The number of nitrogens with zero attached hydrogens (tertiary/aromatic N) is 1. The Kier molecular flexibility index (Phi) is 6.34. The number of benzene rings is 1. The minimum Gasteiger partial charge on any atom is -0.384 e. The lowest BCUT2D eigenvalue weighted by molar-refractivity contribution is 0.349. The molecule has 116 valence electrons. The molecule has 4 nitrogen and oxygen atoms in total. The van der Waals surface area contributed by atoms with Gasteiger partial charge in [0.05, 0.1) is 4.90 Å². The van der Waals surface area contributed by atoms with Gasteiger partial charge in [0.25, 0.3) is 0 Å². The van der Waals surface area contributed by atoms with Gasteiger partial charge in [-0.15, -0.1) is 0 Å². The number of sulfonamides is 1. The smallest absolute Gasteiger partial charge is 0.244 e. The van der Waals surface area contributed by atoms with E-state index in [-0.39, 0.29) is 16.5 Å². The van der Waals surface area contributed by atoms with Crippen LogP contribution in [0.25, 0.3) is 0 Å². The second-order valence-corrected chi connectivity index (χ2v) is 6.56.